The van der Waals surface area contributed by atoms with Crippen LogP contribution in [0.25, 0.3) is 0 Å². The molecule has 0 amide bonds. The average Bonchev–Trinajstić information content (AvgIpc) is 2.76. The topological polar surface area (TPSA) is 50.7 Å². The summed E-state index contributed by atoms with van der Waals surface area (Å²) < 4.78 is 10.6. The first-order valence-electron chi connectivity index (χ1n) is 5.92. The molecule has 2 N–H and O–H groups in total. The number of fused-ring (bicyclic) bond motifs is 1. The van der Waals surface area contributed by atoms with Crippen LogP contribution >= 0.6 is 0 Å². The molecule has 0 radical (unpaired) electrons. The van der Waals surface area contributed by atoms with Crippen LogP contribution in [0.4, 0.5) is 0 Å². The second-order valence-electron chi connectivity index (χ2n) is 4.64. The summed E-state index contributed by atoms with van der Waals surface area (Å²) in [5, 5.41) is 13.1. The monoisotopic (exact) mass is 237 g/mol. The van der Waals surface area contributed by atoms with E-state index in [2.05, 4.69) is 5.32 Å². The third-order valence-electron chi connectivity index (χ3n) is 3.03. The highest BCUT2D eigenvalue weighted by Gasteiger charge is 2.17. The van der Waals surface area contributed by atoms with Crippen molar-refractivity contribution in [3.05, 3.63) is 23.8 Å². The van der Waals surface area contributed by atoms with Gasteiger partial charge in [0.2, 0.25) is 6.79 Å². The Labute approximate surface area is 102 Å². The standard InChI is InChI=1S/C13H19NO3/c1-3-13(2,15)8-14-7-10-4-5-11-12(6-10)17-9-16-11/h4-6,14-15H,3,7-9H2,1-2H3. The van der Waals surface area contributed by atoms with Crippen LogP contribution in [-0.2, 0) is 6.54 Å². The van der Waals surface area contributed by atoms with E-state index >= 15 is 0 Å². The number of hydrogen-bond acceptors (Lipinski definition) is 4. The van der Waals surface area contributed by atoms with Crippen molar-refractivity contribution in [2.75, 3.05) is 13.3 Å². The van der Waals surface area contributed by atoms with Gasteiger partial charge in [-0.1, -0.05) is 13.0 Å². The van der Waals surface area contributed by atoms with Crippen molar-refractivity contribution < 1.29 is 14.6 Å². The molecule has 94 valence electrons. The fourth-order valence-corrected chi connectivity index (χ4v) is 1.65. The molecule has 0 saturated heterocycles. The van der Waals surface area contributed by atoms with Crippen LogP contribution < -0.4 is 14.8 Å². The lowest BCUT2D eigenvalue weighted by Gasteiger charge is -2.21. The molecule has 4 nitrogen and oxygen atoms in total. The van der Waals surface area contributed by atoms with Gasteiger partial charge in [0, 0.05) is 13.1 Å². The molecule has 1 heterocycles. The number of nitrogens with one attached hydrogen (secondary N) is 1. The van der Waals surface area contributed by atoms with Gasteiger partial charge < -0.3 is 19.9 Å². The van der Waals surface area contributed by atoms with Crippen LogP contribution in [0.2, 0.25) is 0 Å². The molecule has 0 aromatic heterocycles. The minimum Gasteiger partial charge on any atom is -0.454 e. The third kappa shape index (κ3) is 3.11. The first kappa shape index (κ1) is 12.2. The van der Waals surface area contributed by atoms with E-state index in [4.69, 9.17) is 9.47 Å². The highest BCUT2D eigenvalue weighted by molar-refractivity contribution is 5.44. The Balaban J connectivity index is 1.88. The van der Waals surface area contributed by atoms with Gasteiger partial charge in [-0.05, 0) is 31.0 Å². The molecule has 1 unspecified atom stereocenters. The Bertz CT molecular complexity index is 390. The number of ether oxygens (including phenoxy) is 2. The first-order chi connectivity index (χ1) is 8.11. The summed E-state index contributed by atoms with van der Waals surface area (Å²) in [7, 11) is 0. The van der Waals surface area contributed by atoms with Crippen LogP contribution in [0.15, 0.2) is 18.2 Å². The van der Waals surface area contributed by atoms with Crippen molar-refractivity contribution in [2.24, 2.45) is 0 Å². The highest BCUT2D eigenvalue weighted by Crippen LogP contribution is 2.32. The van der Waals surface area contributed by atoms with Crippen molar-refractivity contribution in [3.8, 4) is 11.5 Å². The van der Waals surface area contributed by atoms with Crippen molar-refractivity contribution in [1.29, 1.82) is 0 Å². The van der Waals surface area contributed by atoms with Gasteiger partial charge in [-0.25, -0.2) is 0 Å². The second-order valence-corrected chi connectivity index (χ2v) is 4.64. The normalized spacial score (nSPS) is 16.9. The van der Waals surface area contributed by atoms with E-state index in [0.717, 1.165) is 23.5 Å². The SMILES string of the molecule is CCC(C)(O)CNCc1ccc2c(c1)OCO2. The van der Waals surface area contributed by atoms with Crippen LogP contribution in [0.5, 0.6) is 11.5 Å². The van der Waals surface area contributed by atoms with Gasteiger partial charge in [0.25, 0.3) is 0 Å². The second kappa shape index (κ2) is 4.94. The quantitative estimate of drug-likeness (QED) is 0.818. The van der Waals surface area contributed by atoms with Crippen LogP contribution in [0, 0.1) is 0 Å². The van der Waals surface area contributed by atoms with E-state index in [-0.39, 0.29) is 0 Å². The summed E-state index contributed by atoms with van der Waals surface area (Å²) in [5.74, 6) is 1.60. The largest absolute Gasteiger partial charge is 0.454 e. The fourth-order valence-electron chi connectivity index (χ4n) is 1.65. The predicted molar refractivity (Wildman–Crippen MR) is 65.2 cm³/mol. The molecule has 1 aliphatic heterocycles. The number of aliphatic hydroxyl groups is 1. The molecule has 0 aliphatic carbocycles. The van der Waals surface area contributed by atoms with Gasteiger partial charge in [-0.2, -0.15) is 0 Å². The number of benzene rings is 1. The summed E-state index contributed by atoms with van der Waals surface area (Å²) in [5.41, 5.74) is 0.484. The third-order valence-corrected chi connectivity index (χ3v) is 3.03. The van der Waals surface area contributed by atoms with Gasteiger partial charge in [-0.3, -0.25) is 0 Å². The van der Waals surface area contributed by atoms with E-state index in [1.54, 1.807) is 0 Å². The van der Waals surface area contributed by atoms with Crippen molar-refractivity contribution in [3.63, 3.8) is 0 Å². The molecule has 0 spiro atoms. The number of rotatable bonds is 5. The van der Waals surface area contributed by atoms with Gasteiger partial charge in [0.05, 0.1) is 5.60 Å². The zero-order valence-electron chi connectivity index (χ0n) is 10.3. The lowest BCUT2D eigenvalue weighted by Crippen LogP contribution is -2.36. The number of hydrogen-bond donors (Lipinski definition) is 2. The summed E-state index contributed by atoms with van der Waals surface area (Å²) in [4.78, 5) is 0. The highest BCUT2D eigenvalue weighted by atomic mass is 16.7. The minimum atomic E-state index is -0.643. The first-order valence-corrected chi connectivity index (χ1v) is 5.92. The molecule has 17 heavy (non-hydrogen) atoms. The Morgan fingerprint density at radius 1 is 1.35 bits per heavy atom. The molecule has 0 bridgehead atoms. The van der Waals surface area contributed by atoms with E-state index in [0.29, 0.717) is 19.9 Å². The van der Waals surface area contributed by atoms with Crippen LogP contribution in [0.1, 0.15) is 25.8 Å². The van der Waals surface area contributed by atoms with Crippen molar-refractivity contribution in [2.45, 2.75) is 32.4 Å². The predicted octanol–water partition coefficient (Wildman–Crippen LogP) is 1.67. The van der Waals surface area contributed by atoms with Crippen molar-refractivity contribution >= 4 is 0 Å². The molecule has 0 fully saturated rings. The molecule has 4 heteroatoms. The molecule has 1 aromatic carbocycles. The van der Waals surface area contributed by atoms with Crippen LogP contribution in [-0.4, -0.2) is 24.0 Å². The summed E-state index contributed by atoms with van der Waals surface area (Å²) in [6.07, 6.45) is 0.737. The Kier molecular flexibility index (Phi) is 3.54. The van der Waals surface area contributed by atoms with Gasteiger partial charge in [0.1, 0.15) is 0 Å². The lowest BCUT2D eigenvalue weighted by molar-refractivity contribution is 0.0555. The molecule has 1 aromatic rings. The van der Waals surface area contributed by atoms with E-state index < -0.39 is 5.60 Å². The Morgan fingerprint density at radius 3 is 2.88 bits per heavy atom. The van der Waals surface area contributed by atoms with Crippen LogP contribution in [0.3, 0.4) is 0 Å². The summed E-state index contributed by atoms with van der Waals surface area (Å²) in [6, 6.07) is 5.88. The maximum absolute atomic E-state index is 9.85. The zero-order valence-corrected chi connectivity index (χ0v) is 10.3. The average molecular weight is 237 g/mol. The smallest absolute Gasteiger partial charge is 0.231 e. The minimum absolute atomic E-state index is 0.302. The van der Waals surface area contributed by atoms with E-state index in [1.165, 1.54) is 0 Å². The van der Waals surface area contributed by atoms with Gasteiger partial charge in [0.15, 0.2) is 11.5 Å². The van der Waals surface area contributed by atoms with Crippen molar-refractivity contribution in [1.82, 2.24) is 5.32 Å². The lowest BCUT2D eigenvalue weighted by atomic mass is 10.0. The molecule has 1 aliphatic rings. The summed E-state index contributed by atoms with van der Waals surface area (Å²) >= 11 is 0. The molecule has 2 rings (SSSR count). The molecular weight excluding hydrogens is 218 g/mol. The van der Waals surface area contributed by atoms with E-state index in [9.17, 15) is 5.11 Å². The Morgan fingerprint density at radius 2 is 2.12 bits per heavy atom. The fraction of sp³-hybridized carbons (Fsp3) is 0.538. The zero-order chi connectivity index (χ0) is 12.3. The maximum Gasteiger partial charge on any atom is 0.231 e. The summed E-state index contributed by atoms with van der Waals surface area (Å²) in [6.45, 7) is 5.41. The van der Waals surface area contributed by atoms with E-state index in [1.807, 2.05) is 32.0 Å². The molecule has 1 atom stereocenters. The van der Waals surface area contributed by atoms with Gasteiger partial charge in [-0.15, -0.1) is 0 Å². The molecule has 0 saturated carbocycles. The molecular formula is C13H19NO3. The maximum atomic E-state index is 9.85. The Hall–Kier alpha value is -1.26. The van der Waals surface area contributed by atoms with Gasteiger partial charge >= 0.3 is 0 Å².